The molecule has 1 aromatic carbocycles. The molecule has 1 atom stereocenters. The quantitative estimate of drug-likeness (QED) is 0.920. The van der Waals surface area contributed by atoms with E-state index in [4.69, 9.17) is 0 Å². The van der Waals surface area contributed by atoms with E-state index in [0.29, 0.717) is 13.1 Å². The van der Waals surface area contributed by atoms with Crippen LogP contribution in [-0.4, -0.2) is 35.7 Å². The van der Waals surface area contributed by atoms with Gasteiger partial charge < -0.3 is 5.32 Å². The molecule has 2 rings (SSSR count). The molecular formula is C13H15FN2O2S. The van der Waals surface area contributed by atoms with E-state index in [9.17, 15) is 14.0 Å². The molecular weight excluding hydrogens is 267 g/mol. The van der Waals surface area contributed by atoms with Crippen LogP contribution in [0.5, 0.6) is 0 Å². The highest BCUT2D eigenvalue weighted by Crippen LogP contribution is 2.28. The van der Waals surface area contributed by atoms with Crippen LogP contribution in [0, 0.1) is 5.82 Å². The first-order valence-electron chi connectivity index (χ1n) is 6.03. The average Bonchev–Trinajstić information content (AvgIpc) is 2.83. The van der Waals surface area contributed by atoms with Gasteiger partial charge in [0.15, 0.2) is 0 Å². The summed E-state index contributed by atoms with van der Waals surface area (Å²) in [6.45, 7) is 2.90. The van der Waals surface area contributed by atoms with Gasteiger partial charge in [0.2, 0.25) is 5.91 Å². The van der Waals surface area contributed by atoms with E-state index < -0.39 is 0 Å². The number of benzene rings is 1. The monoisotopic (exact) mass is 282 g/mol. The lowest BCUT2D eigenvalue weighted by Gasteiger charge is -2.15. The summed E-state index contributed by atoms with van der Waals surface area (Å²) < 4.78 is 12.8. The molecule has 0 radical (unpaired) electrons. The van der Waals surface area contributed by atoms with Crippen molar-refractivity contribution in [2.75, 3.05) is 18.8 Å². The summed E-state index contributed by atoms with van der Waals surface area (Å²) in [6, 6.07) is 5.91. The van der Waals surface area contributed by atoms with Gasteiger partial charge in [0.25, 0.3) is 0 Å². The van der Waals surface area contributed by atoms with Gasteiger partial charge in [0, 0.05) is 18.3 Å². The van der Waals surface area contributed by atoms with Crippen molar-refractivity contribution in [1.82, 2.24) is 10.2 Å². The fourth-order valence-corrected chi connectivity index (χ4v) is 2.71. The summed E-state index contributed by atoms with van der Waals surface area (Å²) in [5.74, 6) is -0.217. The normalized spacial score (nSPS) is 16.3. The van der Waals surface area contributed by atoms with Gasteiger partial charge in [-0.2, -0.15) is 0 Å². The molecule has 1 saturated heterocycles. The molecule has 0 spiro atoms. The number of nitrogens with one attached hydrogen (secondary N) is 1. The summed E-state index contributed by atoms with van der Waals surface area (Å²) >= 11 is 1.44. The van der Waals surface area contributed by atoms with Crippen LogP contribution in [0.3, 0.4) is 0 Å². The van der Waals surface area contributed by atoms with Crippen molar-refractivity contribution in [2.24, 2.45) is 0 Å². The van der Waals surface area contributed by atoms with Crippen molar-refractivity contribution >= 4 is 23.7 Å². The minimum absolute atomic E-state index is 0.0789. The zero-order chi connectivity index (χ0) is 13.8. The van der Waals surface area contributed by atoms with E-state index in [2.05, 4.69) is 5.32 Å². The van der Waals surface area contributed by atoms with Crippen molar-refractivity contribution < 1.29 is 14.0 Å². The lowest BCUT2D eigenvalue weighted by Crippen LogP contribution is -2.35. The molecule has 0 saturated carbocycles. The van der Waals surface area contributed by atoms with Gasteiger partial charge in [-0.1, -0.05) is 12.1 Å². The SMILES string of the molecule is CC(SCC(=O)N1CCNC1=O)c1ccc(F)cc1. The third-order valence-corrected chi connectivity index (χ3v) is 4.14. The number of rotatable bonds is 4. The Balaban J connectivity index is 1.86. The zero-order valence-corrected chi connectivity index (χ0v) is 11.4. The standard InChI is InChI=1S/C13H15FN2O2S/c1-9(10-2-4-11(14)5-3-10)19-8-12(17)16-7-6-15-13(16)18/h2-5,9H,6-8H2,1H3,(H,15,18). The van der Waals surface area contributed by atoms with Crippen LogP contribution >= 0.6 is 11.8 Å². The van der Waals surface area contributed by atoms with Crippen LogP contribution in [0.2, 0.25) is 0 Å². The molecule has 1 unspecified atom stereocenters. The van der Waals surface area contributed by atoms with E-state index in [1.54, 1.807) is 12.1 Å². The van der Waals surface area contributed by atoms with Gasteiger partial charge in [0.1, 0.15) is 5.82 Å². The Bertz CT molecular complexity index is 478. The largest absolute Gasteiger partial charge is 0.336 e. The average molecular weight is 282 g/mol. The van der Waals surface area contributed by atoms with Gasteiger partial charge in [-0.3, -0.25) is 9.69 Å². The van der Waals surface area contributed by atoms with Gasteiger partial charge in [-0.25, -0.2) is 9.18 Å². The molecule has 1 aliphatic rings. The van der Waals surface area contributed by atoms with Crippen LogP contribution in [0.25, 0.3) is 0 Å². The fourth-order valence-electron chi connectivity index (χ4n) is 1.81. The van der Waals surface area contributed by atoms with E-state index >= 15 is 0 Å². The number of carbonyl (C=O) groups is 2. The van der Waals surface area contributed by atoms with Crippen molar-refractivity contribution in [2.45, 2.75) is 12.2 Å². The Morgan fingerprint density at radius 1 is 1.47 bits per heavy atom. The summed E-state index contributed by atoms with van der Waals surface area (Å²) in [7, 11) is 0. The molecule has 0 bridgehead atoms. The number of carbonyl (C=O) groups excluding carboxylic acids is 2. The molecule has 3 amide bonds. The summed E-state index contributed by atoms with van der Waals surface area (Å²) in [4.78, 5) is 24.4. The Hall–Kier alpha value is -1.56. The molecule has 1 N–H and O–H groups in total. The van der Waals surface area contributed by atoms with Crippen LogP contribution in [0.4, 0.5) is 9.18 Å². The third kappa shape index (κ3) is 3.47. The third-order valence-electron chi connectivity index (χ3n) is 2.95. The van der Waals surface area contributed by atoms with Crippen molar-refractivity contribution in [3.05, 3.63) is 35.6 Å². The Morgan fingerprint density at radius 3 is 2.74 bits per heavy atom. The molecule has 1 heterocycles. The molecule has 1 fully saturated rings. The lowest BCUT2D eigenvalue weighted by molar-refractivity contribution is -0.124. The Morgan fingerprint density at radius 2 is 2.16 bits per heavy atom. The number of hydrogen-bond donors (Lipinski definition) is 1. The topological polar surface area (TPSA) is 49.4 Å². The summed E-state index contributed by atoms with van der Waals surface area (Å²) in [5.41, 5.74) is 0.963. The Kier molecular flexibility index (Phi) is 4.42. The molecule has 0 aliphatic carbocycles. The molecule has 19 heavy (non-hydrogen) atoms. The van der Waals surface area contributed by atoms with Crippen molar-refractivity contribution in [3.8, 4) is 0 Å². The molecule has 0 aromatic heterocycles. The second kappa shape index (κ2) is 6.06. The highest BCUT2D eigenvalue weighted by atomic mass is 32.2. The number of amides is 3. The first kappa shape index (κ1) is 13.9. The highest BCUT2D eigenvalue weighted by molar-refractivity contribution is 8.00. The van der Waals surface area contributed by atoms with E-state index in [1.807, 2.05) is 6.92 Å². The van der Waals surface area contributed by atoms with E-state index in [0.717, 1.165) is 5.56 Å². The predicted octanol–water partition coefficient (Wildman–Crippen LogP) is 2.17. The molecule has 4 nitrogen and oxygen atoms in total. The molecule has 1 aliphatic heterocycles. The number of imide groups is 1. The van der Waals surface area contributed by atoms with Gasteiger partial charge in [-0.15, -0.1) is 11.8 Å². The van der Waals surface area contributed by atoms with Crippen molar-refractivity contribution in [3.63, 3.8) is 0 Å². The van der Waals surface area contributed by atoms with Crippen LogP contribution < -0.4 is 5.32 Å². The molecule has 6 heteroatoms. The predicted molar refractivity (Wildman–Crippen MR) is 72.4 cm³/mol. The smallest absolute Gasteiger partial charge is 0.324 e. The zero-order valence-electron chi connectivity index (χ0n) is 10.6. The van der Waals surface area contributed by atoms with Gasteiger partial charge in [0.05, 0.1) is 5.75 Å². The number of thioether (sulfide) groups is 1. The van der Waals surface area contributed by atoms with E-state index in [-0.39, 0.29) is 28.8 Å². The maximum atomic E-state index is 12.8. The van der Waals surface area contributed by atoms with E-state index in [1.165, 1.54) is 28.8 Å². The fraction of sp³-hybridized carbons (Fsp3) is 0.385. The second-order valence-corrected chi connectivity index (χ2v) is 5.61. The minimum Gasteiger partial charge on any atom is -0.336 e. The van der Waals surface area contributed by atoms with Crippen LogP contribution in [0.15, 0.2) is 24.3 Å². The van der Waals surface area contributed by atoms with Gasteiger partial charge in [-0.05, 0) is 24.6 Å². The number of nitrogens with zero attached hydrogens (tertiary/aromatic N) is 1. The maximum Gasteiger partial charge on any atom is 0.324 e. The summed E-state index contributed by atoms with van der Waals surface area (Å²) in [6.07, 6.45) is 0. The highest BCUT2D eigenvalue weighted by Gasteiger charge is 2.26. The number of halogens is 1. The van der Waals surface area contributed by atoms with Crippen LogP contribution in [-0.2, 0) is 4.79 Å². The molecule has 102 valence electrons. The second-order valence-electron chi connectivity index (χ2n) is 4.28. The van der Waals surface area contributed by atoms with Crippen LogP contribution in [0.1, 0.15) is 17.7 Å². The lowest BCUT2D eigenvalue weighted by atomic mass is 10.2. The van der Waals surface area contributed by atoms with Gasteiger partial charge >= 0.3 is 6.03 Å². The molecule has 1 aromatic rings. The Labute approximate surface area is 115 Å². The first-order valence-corrected chi connectivity index (χ1v) is 7.08. The maximum absolute atomic E-state index is 12.8. The minimum atomic E-state index is -0.319. The number of urea groups is 1. The first-order chi connectivity index (χ1) is 9.08. The summed E-state index contributed by atoms with van der Waals surface area (Å²) in [5, 5.41) is 2.67. The van der Waals surface area contributed by atoms with Crippen molar-refractivity contribution in [1.29, 1.82) is 0 Å². The number of hydrogen-bond acceptors (Lipinski definition) is 3.